The summed E-state index contributed by atoms with van der Waals surface area (Å²) in [7, 11) is 0. The molecule has 0 aromatic carbocycles. The van der Waals surface area contributed by atoms with Gasteiger partial charge in [0.05, 0.1) is 18.6 Å². The number of aromatic nitrogens is 1. The van der Waals surface area contributed by atoms with Gasteiger partial charge in [-0.1, -0.05) is 0 Å². The van der Waals surface area contributed by atoms with Gasteiger partial charge in [-0.2, -0.15) is 0 Å². The molecule has 0 unspecified atom stereocenters. The van der Waals surface area contributed by atoms with Crippen molar-refractivity contribution < 1.29 is 9.13 Å². The predicted octanol–water partition coefficient (Wildman–Crippen LogP) is 0.969. The predicted molar refractivity (Wildman–Crippen MR) is 52.3 cm³/mol. The van der Waals surface area contributed by atoms with E-state index in [1.54, 1.807) is 0 Å². The van der Waals surface area contributed by atoms with E-state index in [1.807, 2.05) is 6.92 Å². The zero-order valence-electron chi connectivity index (χ0n) is 8.38. The summed E-state index contributed by atoms with van der Waals surface area (Å²) in [5.41, 5.74) is -0.289. The third kappa shape index (κ3) is 1.59. The monoisotopic (exact) mass is 209 g/mol. The Hall–Kier alpha value is -1.49. The maximum Gasteiger partial charge on any atom is 0.139 e. The highest BCUT2D eigenvalue weighted by Crippen LogP contribution is 2.27. The average Bonchev–Trinajstić information content (AvgIpc) is 2.17. The van der Waals surface area contributed by atoms with E-state index < -0.39 is 11.2 Å². The zero-order valence-corrected chi connectivity index (χ0v) is 8.38. The lowest BCUT2D eigenvalue weighted by Gasteiger charge is -2.38. The van der Waals surface area contributed by atoms with Gasteiger partial charge in [-0.25, -0.2) is 4.39 Å². The molecule has 5 heteroatoms. The summed E-state index contributed by atoms with van der Waals surface area (Å²) >= 11 is 0. The molecule has 1 aliphatic heterocycles. The largest absolute Gasteiger partial charge is 0.379 e. The van der Waals surface area contributed by atoms with Crippen LogP contribution in [0, 0.1) is 22.1 Å². The highest BCUT2D eigenvalue weighted by molar-refractivity contribution is 5.87. The van der Waals surface area contributed by atoms with Gasteiger partial charge in [0.15, 0.2) is 0 Å². The lowest BCUT2D eigenvalue weighted by molar-refractivity contribution is -0.0606. The van der Waals surface area contributed by atoms with Crippen molar-refractivity contribution in [2.75, 3.05) is 13.2 Å². The molecule has 15 heavy (non-hydrogen) atoms. The summed E-state index contributed by atoms with van der Waals surface area (Å²) in [6.07, 6.45) is 1.16. The molecule has 0 radical (unpaired) electrons. The molecule has 1 aromatic rings. The van der Waals surface area contributed by atoms with Crippen molar-refractivity contribution in [1.29, 1.82) is 10.8 Å². The normalized spacial score (nSPS) is 18.3. The van der Waals surface area contributed by atoms with Gasteiger partial charge in [-0.3, -0.25) is 15.4 Å². The molecule has 0 saturated carbocycles. The Labute approximate surface area is 86.3 Å². The number of nitrogens with one attached hydrogen (secondary N) is 2. The number of rotatable bonds is 1. The summed E-state index contributed by atoms with van der Waals surface area (Å²) in [5, 5.41) is 15.5. The van der Waals surface area contributed by atoms with E-state index >= 15 is 0 Å². The highest BCUT2D eigenvalue weighted by atomic mass is 19.1. The van der Waals surface area contributed by atoms with Crippen LogP contribution in [0.2, 0.25) is 0 Å². The van der Waals surface area contributed by atoms with E-state index in [9.17, 15) is 4.39 Å². The highest BCUT2D eigenvalue weighted by Gasteiger charge is 2.39. The molecule has 1 aromatic heterocycles. The molecule has 2 N–H and O–H groups in total. The minimum absolute atomic E-state index is 0.106. The molecule has 80 valence electrons. The molecule has 2 heterocycles. The van der Waals surface area contributed by atoms with Gasteiger partial charge in [-0.05, 0) is 19.1 Å². The second kappa shape index (κ2) is 3.27. The smallest absolute Gasteiger partial charge is 0.139 e. The van der Waals surface area contributed by atoms with Crippen LogP contribution in [0.25, 0.3) is 0 Å². The van der Waals surface area contributed by atoms with E-state index in [-0.39, 0.29) is 11.3 Å². The first-order valence-corrected chi connectivity index (χ1v) is 4.63. The minimum Gasteiger partial charge on any atom is -0.379 e. The molecule has 0 bridgehead atoms. The molecular formula is C10H12FN3O. The summed E-state index contributed by atoms with van der Waals surface area (Å²) in [6, 6.07) is 2.55. The van der Waals surface area contributed by atoms with Crippen LogP contribution in [0.3, 0.4) is 0 Å². The first-order chi connectivity index (χ1) is 7.03. The Kier molecular flexibility index (Phi) is 2.19. The van der Waals surface area contributed by atoms with Crippen molar-refractivity contribution in [1.82, 2.24) is 4.57 Å². The topological polar surface area (TPSA) is 61.9 Å². The second-order valence-electron chi connectivity index (χ2n) is 4.00. The second-order valence-corrected chi connectivity index (χ2v) is 4.00. The number of hydrogen-bond acceptors (Lipinski definition) is 3. The van der Waals surface area contributed by atoms with Gasteiger partial charge in [0.2, 0.25) is 0 Å². The first kappa shape index (κ1) is 10.0. The number of nitrogens with zero attached hydrogens (tertiary/aromatic N) is 1. The zero-order chi connectivity index (χ0) is 11.1. The Balaban J connectivity index is 2.41. The number of hydrogen-bond donors (Lipinski definition) is 2. The molecule has 1 aliphatic rings. The fraction of sp³-hybridized carbons (Fsp3) is 0.400. The van der Waals surface area contributed by atoms with Gasteiger partial charge >= 0.3 is 0 Å². The van der Waals surface area contributed by atoms with Crippen molar-refractivity contribution in [2.24, 2.45) is 5.41 Å². The van der Waals surface area contributed by atoms with Gasteiger partial charge in [0, 0.05) is 6.20 Å². The van der Waals surface area contributed by atoms with Crippen LogP contribution in [0.4, 0.5) is 4.39 Å². The Bertz CT molecular complexity index is 462. The maximum absolute atomic E-state index is 13.0. The first-order valence-electron chi connectivity index (χ1n) is 4.63. The summed E-state index contributed by atoms with van der Waals surface area (Å²) in [4.78, 5) is 0. The summed E-state index contributed by atoms with van der Waals surface area (Å²) in [6.45, 7) is 2.78. The molecule has 2 rings (SSSR count). The molecule has 4 nitrogen and oxygen atoms in total. The van der Waals surface area contributed by atoms with Crippen LogP contribution < -0.4 is 5.49 Å². The molecule has 0 amide bonds. The van der Waals surface area contributed by atoms with Crippen molar-refractivity contribution >= 4 is 5.84 Å². The SMILES string of the molecule is CC1(C(=N)n2cc(F)ccc2=N)COC1. The standard InChI is InChI=1S/C10H12FN3O/c1-10(5-15-6-10)9(13)14-4-7(11)2-3-8(14)12/h2-4,12-13H,5-6H2,1H3. The van der Waals surface area contributed by atoms with Crippen LogP contribution in [-0.2, 0) is 4.74 Å². The lowest BCUT2D eigenvalue weighted by Crippen LogP contribution is -2.50. The third-order valence-corrected chi connectivity index (χ3v) is 2.57. The van der Waals surface area contributed by atoms with E-state index in [0.717, 1.165) is 6.20 Å². The van der Waals surface area contributed by atoms with E-state index in [0.29, 0.717) is 13.2 Å². The van der Waals surface area contributed by atoms with Crippen molar-refractivity contribution in [3.63, 3.8) is 0 Å². The van der Waals surface area contributed by atoms with Crippen LogP contribution in [0.15, 0.2) is 18.3 Å². The number of halogens is 1. The van der Waals surface area contributed by atoms with Crippen LogP contribution in [0.1, 0.15) is 6.92 Å². The van der Waals surface area contributed by atoms with Crippen molar-refractivity contribution in [2.45, 2.75) is 6.92 Å². The van der Waals surface area contributed by atoms with E-state index in [2.05, 4.69) is 0 Å². The fourth-order valence-corrected chi connectivity index (χ4v) is 1.50. The lowest BCUT2D eigenvalue weighted by atomic mass is 9.87. The number of ether oxygens (including phenoxy) is 1. The molecular weight excluding hydrogens is 197 g/mol. The van der Waals surface area contributed by atoms with Crippen LogP contribution in [-0.4, -0.2) is 23.6 Å². The summed E-state index contributed by atoms with van der Waals surface area (Å²) < 4.78 is 19.3. The Morgan fingerprint density at radius 3 is 2.73 bits per heavy atom. The van der Waals surface area contributed by atoms with Gasteiger partial charge in [-0.15, -0.1) is 0 Å². The van der Waals surface area contributed by atoms with Crippen molar-refractivity contribution in [3.8, 4) is 0 Å². The van der Waals surface area contributed by atoms with Crippen LogP contribution >= 0.6 is 0 Å². The van der Waals surface area contributed by atoms with Gasteiger partial charge < -0.3 is 4.74 Å². The summed E-state index contributed by atoms with van der Waals surface area (Å²) in [5.74, 6) is -0.238. The fourth-order valence-electron chi connectivity index (χ4n) is 1.50. The molecule has 0 spiro atoms. The number of pyridine rings is 1. The Morgan fingerprint density at radius 2 is 2.20 bits per heavy atom. The van der Waals surface area contributed by atoms with Crippen LogP contribution in [0.5, 0.6) is 0 Å². The minimum atomic E-state index is -0.445. The van der Waals surface area contributed by atoms with Crippen molar-refractivity contribution in [3.05, 3.63) is 29.6 Å². The molecule has 1 fully saturated rings. The van der Waals surface area contributed by atoms with E-state index in [1.165, 1.54) is 16.7 Å². The third-order valence-electron chi connectivity index (χ3n) is 2.57. The molecule has 0 atom stereocenters. The molecule has 0 aliphatic carbocycles. The molecule has 1 saturated heterocycles. The van der Waals surface area contributed by atoms with Gasteiger partial charge in [0.1, 0.15) is 17.1 Å². The average molecular weight is 209 g/mol. The Morgan fingerprint density at radius 1 is 1.53 bits per heavy atom. The quantitative estimate of drug-likeness (QED) is 0.525. The van der Waals surface area contributed by atoms with E-state index in [4.69, 9.17) is 15.6 Å². The maximum atomic E-state index is 13.0. The van der Waals surface area contributed by atoms with Gasteiger partial charge in [0.25, 0.3) is 0 Å².